The lowest BCUT2D eigenvalue weighted by molar-refractivity contribution is -0.139. The maximum absolute atomic E-state index is 10.9. The van der Waals surface area contributed by atoms with E-state index in [2.05, 4.69) is 57.8 Å². The number of carboxylic acid groups (broad SMARTS) is 1. The molecule has 0 aromatic rings. The Kier molecular flexibility index (Phi) is 18.8. The van der Waals surface area contributed by atoms with Crippen LogP contribution in [-0.4, -0.2) is 48.8 Å². The lowest BCUT2D eigenvalue weighted by atomic mass is 10.1. The van der Waals surface area contributed by atoms with Gasteiger partial charge in [0.2, 0.25) is 0 Å². The Labute approximate surface area is 182 Å². The molecule has 7 nitrogen and oxygen atoms in total. The summed E-state index contributed by atoms with van der Waals surface area (Å²) in [4.78, 5) is 31.4. The van der Waals surface area contributed by atoms with Crippen LogP contribution in [0.1, 0.15) is 61.8 Å². The van der Waals surface area contributed by atoms with E-state index in [1.54, 1.807) is 26.8 Å². The number of hydrogen-bond acceptors (Lipinski definition) is 6. The summed E-state index contributed by atoms with van der Waals surface area (Å²) in [5, 5.41) is 11.6. The van der Waals surface area contributed by atoms with Crippen molar-refractivity contribution in [2.75, 3.05) is 20.3 Å². The maximum atomic E-state index is 10.9. The van der Waals surface area contributed by atoms with Crippen molar-refractivity contribution in [3.63, 3.8) is 0 Å². The lowest BCUT2D eigenvalue weighted by Gasteiger charge is -2.20. The number of aliphatic carboxylic acids is 1. The highest BCUT2D eigenvalue weighted by Crippen LogP contribution is 2.03. The van der Waals surface area contributed by atoms with E-state index in [0.29, 0.717) is 35.8 Å². The Hall–Kier alpha value is -2.41. The van der Waals surface area contributed by atoms with Crippen molar-refractivity contribution in [2.24, 2.45) is 5.92 Å². The summed E-state index contributed by atoms with van der Waals surface area (Å²) >= 11 is 0. The zero-order chi connectivity index (χ0) is 24.5. The molecule has 0 aliphatic heterocycles. The summed E-state index contributed by atoms with van der Waals surface area (Å²) in [6.07, 6.45) is 2.60. The summed E-state index contributed by atoms with van der Waals surface area (Å²) < 4.78 is 9.17. The molecule has 0 saturated carbocycles. The molecule has 0 spiro atoms. The summed E-state index contributed by atoms with van der Waals surface area (Å²) in [6.45, 7) is 23.1. The second-order valence-corrected chi connectivity index (χ2v) is 8.19. The van der Waals surface area contributed by atoms with Gasteiger partial charge in [0.1, 0.15) is 6.61 Å². The third-order valence-electron chi connectivity index (χ3n) is 3.11. The van der Waals surface area contributed by atoms with Gasteiger partial charge in [-0.2, -0.15) is 0 Å². The first-order valence-electron chi connectivity index (χ1n) is 9.76. The second-order valence-electron chi connectivity index (χ2n) is 8.19. The number of hydrogen-bond donors (Lipinski definition) is 2. The predicted octanol–water partition coefficient (Wildman–Crippen LogP) is 4.29. The number of carbonyl (C=O) groups excluding carboxylic acids is 2. The Balaban J connectivity index is -0.000000383. The number of carboxylic acids is 1. The first-order valence-corrected chi connectivity index (χ1v) is 9.76. The van der Waals surface area contributed by atoms with Crippen molar-refractivity contribution >= 4 is 17.9 Å². The largest absolute Gasteiger partial charge is 0.478 e. The fourth-order valence-corrected chi connectivity index (χ4v) is 1.37. The van der Waals surface area contributed by atoms with Gasteiger partial charge in [-0.05, 0) is 53.9 Å². The highest BCUT2D eigenvalue weighted by Gasteiger charge is 2.08. The number of allylic oxidation sites excluding steroid dienone is 1. The van der Waals surface area contributed by atoms with E-state index >= 15 is 0 Å². The minimum absolute atomic E-state index is 0.0651. The lowest BCUT2D eigenvalue weighted by Crippen LogP contribution is -2.38. The molecule has 0 bridgehead atoms. The van der Waals surface area contributed by atoms with E-state index in [0.717, 1.165) is 6.42 Å². The van der Waals surface area contributed by atoms with Crippen LogP contribution in [0.25, 0.3) is 0 Å². The monoisotopic (exact) mass is 427 g/mol. The zero-order valence-corrected chi connectivity index (χ0v) is 20.2. The van der Waals surface area contributed by atoms with Gasteiger partial charge in [-0.15, -0.1) is 0 Å². The third-order valence-corrected chi connectivity index (χ3v) is 3.11. The normalized spacial score (nSPS) is 10.7. The smallest absolute Gasteiger partial charge is 0.333 e. The molecule has 0 heterocycles. The van der Waals surface area contributed by atoms with Crippen LogP contribution in [0.4, 0.5) is 0 Å². The highest BCUT2D eigenvalue weighted by atomic mass is 16.5. The highest BCUT2D eigenvalue weighted by molar-refractivity contribution is 5.87. The van der Waals surface area contributed by atoms with Gasteiger partial charge in [0, 0.05) is 28.8 Å². The van der Waals surface area contributed by atoms with Gasteiger partial charge in [-0.3, -0.25) is 0 Å². The van der Waals surface area contributed by atoms with E-state index in [-0.39, 0.29) is 17.5 Å². The maximum Gasteiger partial charge on any atom is 0.333 e. The van der Waals surface area contributed by atoms with Crippen molar-refractivity contribution in [1.82, 2.24) is 5.32 Å². The molecule has 0 aliphatic carbocycles. The van der Waals surface area contributed by atoms with E-state index in [4.69, 9.17) is 9.84 Å². The summed E-state index contributed by atoms with van der Waals surface area (Å²) in [6, 6.07) is 0. The molecule has 7 heteroatoms. The molecule has 0 saturated heterocycles. The fourth-order valence-electron chi connectivity index (χ4n) is 1.37. The molecule has 0 radical (unpaired) electrons. The molecule has 2 N–H and O–H groups in total. The van der Waals surface area contributed by atoms with Crippen LogP contribution in [0.15, 0.2) is 36.0 Å². The quantitative estimate of drug-likeness (QED) is 0.338. The van der Waals surface area contributed by atoms with Crippen LogP contribution in [0.3, 0.4) is 0 Å². The number of methoxy groups -OCH3 is 1. The molecule has 0 rings (SSSR count). The fraction of sp³-hybridized carbons (Fsp3) is 0.609. The first kappa shape index (κ1) is 32.3. The molecule has 0 aliphatic rings. The molecule has 30 heavy (non-hydrogen) atoms. The van der Waals surface area contributed by atoms with Gasteiger partial charge in [-0.1, -0.05) is 33.1 Å². The van der Waals surface area contributed by atoms with Gasteiger partial charge in [0.25, 0.3) is 0 Å². The van der Waals surface area contributed by atoms with Gasteiger partial charge >= 0.3 is 17.9 Å². The van der Waals surface area contributed by atoms with Gasteiger partial charge < -0.3 is 19.9 Å². The molecule has 0 fully saturated rings. The van der Waals surface area contributed by atoms with Crippen LogP contribution in [-0.2, 0) is 23.9 Å². The SMILES string of the molecule is C/C(=C\CC(C)C)C(=O)O.C=C(C)C(=O)OC.C=C(C)C(=O)OCCNC(C)(C)C. The van der Waals surface area contributed by atoms with E-state index in [9.17, 15) is 14.4 Å². The van der Waals surface area contributed by atoms with E-state index in [1.807, 2.05) is 0 Å². The van der Waals surface area contributed by atoms with Gasteiger partial charge in [-0.25, -0.2) is 14.4 Å². The van der Waals surface area contributed by atoms with Crippen molar-refractivity contribution in [3.8, 4) is 0 Å². The van der Waals surface area contributed by atoms with Crippen LogP contribution in [0.5, 0.6) is 0 Å². The molecular formula is C23H41NO6. The molecule has 0 amide bonds. The average molecular weight is 428 g/mol. The summed E-state index contributed by atoms with van der Waals surface area (Å²) in [5.41, 5.74) is 1.38. The second kappa shape index (κ2) is 17.4. The number of esters is 2. The van der Waals surface area contributed by atoms with Crippen LogP contribution < -0.4 is 5.32 Å². The number of carbonyl (C=O) groups is 3. The minimum atomic E-state index is -0.819. The number of nitrogens with one attached hydrogen (secondary N) is 1. The third kappa shape index (κ3) is 25.6. The molecule has 0 unspecified atom stereocenters. The minimum Gasteiger partial charge on any atom is -0.478 e. The average Bonchev–Trinajstić information content (AvgIpc) is 2.62. The molecule has 174 valence electrons. The Morgan fingerprint density at radius 1 is 1.03 bits per heavy atom. The van der Waals surface area contributed by atoms with Crippen LogP contribution >= 0.6 is 0 Å². The van der Waals surface area contributed by atoms with E-state index < -0.39 is 5.97 Å². The Morgan fingerprint density at radius 2 is 1.50 bits per heavy atom. The van der Waals surface area contributed by atoms with Crippen molar-refractivity contribution in [2.45, 2.75) is 67.3 Å². The summed E-state index contributed by atoms with van der Waals surface area (Å²) in [5.74, 6) is -0.953. The standard InChI is InChI=1S/C10H19NO2.C8H14O2.C5H8O2/c1-8(2)9(12)13-7-6-11-10(3,4)5;1-6(2)4-5-7(3)8(9)10;1-4(2)5(6)7-3/h11H,1,6-7H2,2-5H3;5-6H,4H2,1-3H3,(H,9,10);1H2,2-3H3/b;7-5+;. The van der Waals surface area contributed by atoms with Gasteiger partial charge in [0.05, 0.1) is 7.11 Å². The molecule has 0 aromatic carbocycles. The molecule has 0 atom stereocenters. The van der Waals surface area contributed by atoms with Crippen molar-refractivity contribution in [1.29, 1.82) is 0 Å². The van der Waals surface area contributed by atoms with Crippen molar-refractivity contribution in [3.05, 3.63) is 36.0 Å². The topological polar surface area (TPSA) is 102 Å². The van der Waals surface area contributed by atoms with Gasteiger partial charge in [0.15, 0.2) is 0 Å². The first-order chi connectivity index (χ1) is 13.5. The van der Waals surface area contributed by atoms with E-state index in [1.165, 1.54) is 7.11 Å². The molecular weight excluding hydrogens is 386 g/mol. The number of ether oxygens (including phenoxy) is 2. The molecule has 0 aromatic heterocycles. The predicted molar refractivity (Wildman–Crippen MR) is 121 cm³/mol. The summed E-state index contributed by atoms with van der Waals surface area (Å²) in [7, 11) is 1.33. The Bertz CT molecular complexity index is 597. The Morgan fingerprint density at radius 3 is 1.77 bits per heavy atom. The zero-order valence-electron chi connectivity index (χ0n) is 20.2. The van der Waals surface area contributed by atoms with Crippen LogP contribution in [0, 0.1) is 5.92 Å². The van der Waals surface area contributed by atoms with Crippen LogP contribution in [0.2, 0.25) is 0 Å². The number of rotatable bonds is 8. The van der Waals surface area contributed by atoms with Crippen molar-refractivity contribution < 1.29 is 29.0 Å².